The summed E-state index contributed by atoms with van der Waals surface area (Å²) in [6.07, 6.45) is 1.11. The third-order valence-electron chi connectivity index (χ3n) is 3.71. The molecule has 0 saturated heterocycles. The molecule has 126 valence electrons. The highest BCUT2D eigenvalue weighted by Gasteiger charge is 2.26. The van der Waals surface area contributed by atoms with Gasteiger partial charge < -0.3 is 9.26 Å². The Balaban J connectivity index is 1.98. The topological polar surface area (TPSA) is 83.0 Å². The Morgan fingerprint density at radius 2 is 2.08 bits per heavy atom. The highest BCUT2D eigenvalue weighted by atomic mass is 19.2. The molecule has 3 aromatic rings. The van der Waals surface area contributed by atoms with Crippen LogP contribution in [0.1, 0.15) is 25.6 Å². The molecule has 0 bridgehead atoms. The van der Waals surface area contributed by atoms with Crippen LogP contribution in [0.2, 0.25) is 0 Å². The van der Waals surface area contributed by atoms with Gasteiger partial charge in [0.05, 0.1) is 11.7 Å². The fraction of sp³-hybridized carbons (Fsp3) is 0.333. The van der Waals surface area contributed by atoms with Crippen LogP contribution < -0.4 is 5.56 Å². The lowest BCUT2D eigenvalue weighted by molar-refractivity contribution is 0.00973. The van der Waals surface area contributed by atoms with Crippen LogP contribution in [-0.2, 0) is 16.9 Å². The molecule has 0 fully saturated rings. The minimum atomic E-state index is -1.15. The first-order valence-electron chi connectivity index (χ1n) is 7.05. The van der Waals surface area contributed by atoms with Gasteiger partial charge in [0.2, 0.25) is 11.7 Å². The second kappa shape index (κ2) is 5.75. The molecule has 3 rings (SSSR count). The van der Waals surface area contributed by atoms with Crippen molar-refractivity contribution >= 4 is 10.9 Å². The molecule has 2 heterocycles. The largest absolute Gasteiger partial charge is 0.371 e. The van der Waals surface area contributed by atoms with Crippen LogP contribution in [0.4, 0.5) is 8.78 Å². The summed E-state index contributed by atoms with van der Waals surface area (Å²) in [5.41, 5.74) is -1.60. The molecule has 0 aliphatic rings. The first kappa shape index (κ1) is 16.2. The van der Waals surface area contributed by atoms with Crippen LogP contribution in [0.3, 0.4) is 0 Å². The molecule has 0 aliphatic carbocycles. The number of rotatable bonds is 4. The van der Waals surface area contributed by atoms with Crippen molar-refractivity contribution in [1.29, 1.82) is 0 Å². The van der Waals surface area contributed by atoms with Gasteiger partial charge in [-0.3, -0.25) is 9.36 Å². The van der Waals surface area contributed by atoms with Crippen molar-refractivity contribution < 1.29 is 18.0 Å². The lowest BCUT2D eigenvalue weighted by Gasteiger charge is -2.17. The summed E-state index contributed by atoms with van der Waals surface area (Å²) in [7, 11) is 1.52. The zero-order chi connectivity index (χ0) is 17.5. The summed E-state index contributed by atoms with van der Waals surface area (Å²) in [5.74, 6) is -1.72. The minimum absolute atomic E-state index is 0.0339. The van der Waals surface area contributed by atoms with Crippen molar-refractivity contribution in [3.05, 3.63) is 52.2 Å². The van der Waals surface area contributed by atoms with Gasteiger partial charge in [-0.05, 0) is 26.0 Å². The predicted octanol–water partition coefficient (Wildman–Crippen LogP) is 1.99. The molecule has 0 aliphatic heterocycles. The summed E-state index contributed by atoms with van der Waals surface area (Å²) in [6, 6.07) is 2.07. The normalized spacial score (nSPS) is 12.0. The van der Waals surface area contributed by atoms with Crippen molar-refractivity contribution in [3.63, 3.8) is 0 Å². The maximum absolute atomic E-state index is 13.7. The predicted molar refractivity (Wildman–Crippen MR) is 79.4 cm³/mol. The monoisotopic (exact) mass is 336 g/mol. The summed E-state index contributed by atoms with van der Waals surface area (Å²) in [5, 5.41) is 3.78. The van der Waals surface area contributed by atoms with Crippen LogP contribution >= 0.6 is 0 Å². The molecule has 1 aromatic carbocycles. The van der Waals surface area contributed by atoms with Gasteiger partial charge >= 0.3 is 0 Å². The molecule has 0 N–H and O–H groups in total. The van der Waals surface area contributed by atoms with Crippen LogP contribution in [-0.4, -0.2) is 26.8 Å². The molecule has 0 spiro atoms. The van der Waals surface area contributed by atoms with Crippen molar-refractivity contribution in [2.75, 3.05) is 7.11 Å². The number of hydrogen-bond acceptors (Lipinski definition) is 6. The van der Waals surface area contributed by atoms with E-state index in [1.165, 1.54) is 17.7 Å². The number of fused-ring (bicyclic) bond motifs is 1. The SMILES string of the molecule is COC(C)(C)c1noc(Cn2cnc3c(F)c(F)ccc3c2=O)n1. The van der Waals surface area contributed by atoms with Crippen LogP contribution in [0, 0.1) is 11.6 Å². The van der Waals surface area contributed by atoms with E-state index in [1.807, 2.05) is 0 Å². The first-order chi connectivity index (χ1) is 11.3. The van der Waals surface area contributed by atoms with Crippen molar-refractivity contribution in [2.24, 2.45) is 0 Å². The van der Waals surface area contributed by atoms with Gasteiger partial charge in [0.1, 0.15) is 17.7 Å². The summed E-state index contributed by atoms with van der Waals surface area (Å²) < 4.78 is 38.4. The van der Waals surface area contributed by atoms with Gasteiger partial charge in [-0.15, -0.1) is 0 Å². The lowest BCUT2D eigenvalue weighted by atomic mass is 10.1. The van der Waals surface area contributed by atoms with Gasteiger partial charge in [-0.2, -0.15) is 4.98 Å². The number of methoxy groups -OCH3 is 1. The molecule has 2 aromatic heterocycles. The zero-order valence-corrected chi connectivity index (χ0v) is 13.2. The summed E-state index contributed by atoms with van der Waals surface area (Å²) in [4.78, 5) is 20.4. The van der Waals surface area contributed by atoms with Gasteiger partial charge in [0.25, 0.3) is 5.56 Å². The molecule has 0 atom stereocenters. The van der Waals surface area contributed by atoms with Crippen LogP contribution in [0.15, 0.2) is 27.8 Å². The second-order valence-electron chi connectivity index (χ2n) is 5.66. The molecule has 7 nitrogen and oxygen atoms in total. The highest BCUT2D eigenvalue weighted by molar-refractivity contribution is 5.77. The Labute approximate surface area is 134 Å². The van der Waals surface area contributed by atoms with Crippen LogP contribution in [0.25, 0.3) is 10.9 Å². The minimum Gasteiger partial charge on any atom is -0.371 e. The smallest absolute Gasteiger partial charge is 0.261 e. The third kappa shape index (κ3) is 2.67. The van der Waals surface area contributed by atoms with E-state index >= 15 is 0 Å². The molecule has 0 amide bonds. The van der Waals surface area contributed by atoms with Crippen LogP contribution in [0.5, 0.6) is 0 Å². The van der Waals surface area contributed by atoms with Crippen molar-refractivity contribution in [3.8, 4) is 0 Å². The Bertz CT molecular complexity index is 965. The number of halogens is 2. The quantitative estimate of drug-likeness (QED) is 0.724. The number of ether oxygens (including phenoxy) is 1. The molecular formula is C15H14F2N4O3. The maximum atomic E-state index is 13.7. The zero-order valence-electron chi connectivity index (χ0n) is 13.2. The van der Waals surface area contributed by atoms with E-state index in [4.69, 9.17) is 9.26 Å². The van der Waals surface area contributed by atoms with E-state index in [0.29, 0.717) is 5.82 Å². The molecule has 0 saturated carbocycles. The van der Waals surface area contributed by atoms with E-state index < -0.39 is 22.8 Å². The Morgan fingerprint density at radius 1 is 1.33 bits per heavy atom. The number of benzene rings is 1. The van der Waals surface area contributed by atoms with E-state index in [1.54, 1.807) is 13.8 Å². The number of hydrogen-bond donors (Lipinski definition) is 0. The molecule has 0 radical (unpaired) electrons. The van der Waals surface area contributed by atoms with E-state index in [2.05, 4.69) is 15.1 Å². The maximum Gasteiger partial charge on any atom is 0.261 e. The fourth-order valence-corrected chi connectivity index (χ4v) is 2.09. The third-order valence-corrected chi connectivity index (χ3v) is 3.71. The standard InChI is InChI=1S/C15H14F2N4O3/c1-15(2,23-3)14-19-10(24-20-14)6-21-7-18-12-8(13(21)22)4-5-9(16)11(12)17/h4-5,7H,6H2,1-3H3. The highest BCUT2D eigenvalue weighted by Crippen LogP contribution is 2.20. The van der Waals surface area contributed by atoms with Crippen molar-refractivity contribution in [1.82, 2.24) is 19.7 Å². The molecule has 9 heteroatoms. The number of nitrogens with zero attached hydrogens (tertiary/aromatic N) is 4. The van der Waals surface area contributed by atoms with E-state index in [9.17, 15) is 13.6 Å². The molecular weight excluding hydrogens is 322 g/mol. The first-order valence-corrected chi connectivity index (χ1v) is 7.05. The Hall–Kier alpha value is -2.68. The van der Waals surface area contributed by atoms with Gasteiger partial charge in [-0.1, -0.05) is 5.16 Å². The second-order valence-corrected chi connectivity index (χ2v) is 5.66. The van der Waals surface area contributed by atoms with E-state index in [0.717, 1.165) is 12.4 Å². The van der Waals surface area contributed by atoms with Crippen molar-refractivity contribution in [2.45, 2.75) is 26.0 Å². The fourth-order valence-electron chi connectivity index (χ4n) is 2.09. The van der Waals surface area contributed by atoms with Gasteiger partial charge in [-0.25, -0.2) is 13.8 Å². The average molecular weight is 336 g/mol. The number of aromatic nitrogens is 4. The lowest BCUT2D eigenvalue weighted by Crippen LogP contribution is -2.23. The van der Waals surface area contributed by atoms with E-state index in [-0.39, 0.29) is 23.3 Å². The summed E-state index contributed by atoms with van der Waals surface area (Å²) in [6.45, 7) is 3.49. The molecule has 0 unspecified atom stereocenters. The van der Waals surface area contributed by atoms with Gasteiger partial charge in [0.15, 0.2) is 11.6 Å². The Morgan fingerprint density at radius 3 is 2.79 bits per heavy atom. The Kier molecular flexibility index (Phi) is 3.88. The molecule has 24 heavy (non-hydrogen) atoms. The summed E-state index contributed by atoms with van der Waals surface area (Å²) >= 11 is 0. The van der Waals surface area contributed by atoms with Gasteiger partial charge in [0, 0.05) is 7.11 Å². The average Bonchev–Trinajstić information content (AvgIpc) is 3.03.